The van der Waals surface area contributed by atoms with Gasteiger partial charge in [0.05, 0.1) is 16.3 Å². The number of rotatable bonds is 5. The molecule has 0 saturated carbocycles. The van der Waals surface area contributed by atoms with Crippen molar-refractivity contribution >= 4 is 39.6 Å². The van der Waals surface area contributed by atoms with E-state index < -0.39 is 6.04 Å². The van der Waals surface area contributed by atoms with Crippen molar-refractivity contribution in [2.75, 3.05) is 5.75 Å². The lowest BCUT2D eigenvalue weighted by atomic mass is 10.3. The van der Waals surface area contributed by atoms with Gasteiger partial charge in [0.25, 0.3) is 0 Å². The van der Waals surface area contributed by atoms with Gasteiger partial charge in [0.1, 0.15) is 17.0 Å². The van der Waals surface area contributed by atoms with Crippen LogP contribution >= 0.6 is 23.1 Å². The Morgan fingerprint density at radius 2 is 2.41 bits per heavy atom. The molecule has 6 heteroatoms. The predicted octanol–water partition coefficient (Wildman–Crippen LogP) is 1.76. The highest BCUT2D eigenvalue weighted by molar-refractivity contribution is 7.98. The molecule has 0 spiro atoms. The first kappa shape index (κ1) is 12.3. The number of benzene rings is 1. The largest absolute Gasteiger partial charge is 0.508 e. The van der Waals surface area contributed by atoms with Crippen molar-refractivity contribution in [1.29, 1.82) is 0 Å². The van der Waals surface area contributed by atoms with Crippen LogP contribution in [-0.2, 0) is 10.5 Å². The summed E-state index contributed by atoms with van der Waals surface area (Å²) in [4.78, 5) is 14.8. The number of aldehydes is 1. The van der Waals surface area contributed by atoms with Crippen LogP contribution in [0.5, 0.6) is 5.75 Å². The van der Waals surface area contributed by atoms with Crippen LogP contribution < -0.4 is 5.73 Å². The van der Waals surface area contributed by atoms with Gasteiger partial charge in [0.15, 0.2) is 0 Å². The van der Waals surface area contributed by atoms with E-state index in [1.165, 1.54) is 0 Å². The van der Waals surface area contributed by atoms with Gasteiger partial charge in [-0.15, -0.1) is 11.3 Å². The van der Waals surface area contributed by atoms with Crippen LogP contribution in [0.4, 0.5) is 0 Å². The zero-order valence-electron chi connectivity index (χ0n) is 9.00. The highest BCUT2D eigenvalue weighted by Gasteiger charge is 2.06. The molecule has 2 rings (SSSR count). The van der Waals surface area contributed by atoms with Crippen LogP contribution in [-0.4, -0.2) is 28.2 Å². The van der Waals surface area contributed by atoms with Crippen molar-refractivity contribution in [1.82, 2.24) is 4.98 Å². The topological polar surface area (TPSA) is 76.2 Å². The van der Waals surface area contributed by atoms with E-state index in [0.717, 1.165) is 27.3 Å². The normalized spacial score (nSPS) is 12.8. The molecule has 4 nitrogen and oxygen atoms in total. The molecule has 1 atom stereocenters. The van der Waals surface area contributed by atoms with Crippen molar-refractivity contribution < 1.29 is 9.90 Å². The van der Waals surface area contributed by atoms with Gasteiger partial charge in [-0.25, -0.2) is 4.98 Å². The van der Waals surface area contributed by atoms with Crippen molar-refractivity contribution in [2.45, 2.75) is 11.8 Å². The summed E-state index contributed by atoms with van der Waals surface area (Å²) in [5, 5.41) is 10.3. The van der Waals surface area contributed by atoms with Gasteiger partial charge in [-0.1, -0.05) is 0 Å². The Bertz CT molecular complexity index is 527. The summed E-state index contributed by atoms with van der Waals surface area (Å²) in [6.45, 7) is 0. The second-order valence-corrected chi connectivity index (χ2v) is 5.72. The number of fused-ring (bicyclic) bond motifs is 1. The van der Waals surface area contributed by atoms with Crippen LogP contribution in [0.3, 0.4) is 0 Å². The zero-order valence-corrected chi connectivity index (χ0v) is 10.6. The number of carbonyl (C=O) groups is 1. The van der Waals surface area contributed by atoms with E-state index in [1.807, 2.05) is 0 Å². The molecule has 1 aromatic carbocycles. The Morgan fingerprint density at radius 3 is 3.18 bits per heavy atom. The molecule has 1 heterocycles. The molecule has 0 bridgehead atoms. The van der Waals surface area contributed by atoms with Crippen LogP contribution in [0, 0.1) is 0 Å². The summed E-state index contributed by atoms with van der Waals surface area (Å²) in [5.41, 5.74) is 6.38. The van der Waals surface area contributed by atoms with E-state index in [1.54, 1.807) is 41.3 Å². The number of thioether (sulfide) groups is 1. The first-order valence-corrected chi connectivity index (χ1v) is 7.03. The SMILES string of the molecule is N[C@@H](C=O)CSCc1nc2ccc(O)cc2s1. The minimum Gasteiger partial charge on any atom is -0.508 e. The highest BCUT2D eigenvalue weighted by atomic mass is 32.2. The van der Waals surface area contributed by atoms with Gasteiger partial charge in [0, 0.05) is 11.5 Å². The smallest absolute Gasteiger partial charge is 0.137 e. The monoisotopic (exact) mass is 268 g/mol. The number of nitrogens with two attached hydrogens (primary N) is 1. The Balaban J connectivity index is 2.02. The summed E-state index contributed by atoms with van der Waals surface area (Å²) >= 11 is 3.14. The summed E-state index contributed by atoms with van der Waals surface area (Å²) in [7, 11) is 0. The summed E-state index contributed by atoms with van der Waals surface area (Å²) < 4.78 is 0.972. The van der Waals surface area contributed by atoms with E-state index in [2.05, 4.69) is 4.98 Å². The number of phenols is 1. The second-order valence-electron chi connectivity index (χ2n) is 3.57. The molecular formula is C11H12N2O2S2. The predicted molar refractivity (Wildman–Crippen MR) is 71.5 cm³/mol. The maximum absolute atomic E-state index is 10.3. The van der Waals surface area contributed by atoms with Crippen molar-refractivity contribution in [2.24, 2.45) is 5.73 Å². The quantitative estimate of drug-likeness (QED) is 0.808. The van der Waals surface area contributed by atoms with Crippen molar-refractivity contribution in [3.63, 3.8) is 0 Å². The fourth-order valence-corrected chi connectivity index (χ4v) is 3.33. The molecule has 1 aromatic heterocycles. The molecule has 0 saturated heterocycles. The molecule has 90 valence electrons. The Labute approximate surface area is 107 Å². The Kier molecular flexibility index (Phi) is 3.98. The third-order valence-electron chi connectivity index (χ3n) is 2.13. The van der Waals surface area contributed by atoms with Crippen molar-refractivity contribution in [3.8, 4) is 5.75 Å². The highest BCUT2D eigenvalue weighted by Crippen LogP contribution is 2.27. The molecule has 0 radical (unpaired) electrons. The maximum Gasteiger partial charge on any atom is 0.137 e. The molecule has 0 aliphatic heterocycles. The summed E-state index contributed by atoms with van der Waals surface area (Å²) in [6, 6.07) is 4.73. The molecule has 0 fully saturated rings. The number of nitrogens with zero attached hydrogens (tertiary/aromatic N) is 1. The zero-order chi connectivity index (χ0) is 12.3. The van der Waals surface area contributed by atoms with E-state index in [-0.39, 0.29) is 5.75 Å². The maximum atomic E-state index is 10.3. The van der Waals surface area contributed by atoms with Gasteiger partial charge in [-0.05, 0) is 18.2 Å². The molecule has 0 aliphatic rings. The number of thiazole rings is 1. The number of carbonyl (C=O) groups excluding carboxylic acids is 1. The van der Waals surface area contributed by atoms with Crippen LogP contribution in [0.2, 0.25) is 0 Å². The average Bonchev–Trinajstić information content (AvgIpc) is 2.70. The first-order valence-electron chi connectivity index (χ1n) is 5.06. The lowest BCUT2D eigenvalue weighted by Gasteiger charge is -2.00. The Morgan fingerprint density at radius 1 is 1.59 bits per heavy atom. The van der Waals surface area contributed by atoms with Crippen LogP contribution in [0.1, 0.15) is 5.01 Å². The minimum absolute atomic E-state index is 0.253. The van der Waals surface area contributed by atoms with Gasteiger partial charge in [-0.3, -0.25) is 0 Å². The molecule has 3 N–H and O–H groups in total. The molecule has 17 heavy (non-hydrogen) atoms. The van der Waals surface area contributed by atoms with E-state index in [4.69, 9.17) is 5.73 Å². The number of hydrogen-bond acceptors (Lipinski definition) is 6. The molecule has 0 aliphatic carbocycles. The lowest BCUT2D eigenvalue weighted by Crippen LogP contribution is -2.24. The molecule has 2 aromatic rings. The molecular weight excluding hydrogens is 256 g/mol. The fraction of sp³-hybridized carbons (Fsp3) is 0.273. The lowest BCUT2D eigenvalue weighted by molar-refractivity contribution is -0.108. The third kappa shape index (κ3) is 3.18. The van der Waals surface area contributed by atoms with Gasteiger partial charge >= 0.3 is 0 Å². The molecule has 0 unspecified atom stereocenters. The van der Waals surface area contributed by atoms with E-state index in [0.29, 0.717) is 5.75 Å². The number of hydrogen-bond donors (Lipinski definition) is 2. The van der Waals surface area contributed by atoms with Gasteiger partial charge in [-0.2, -0.15) is 11.8 Å². The number of phenolic OH excluding ortho intramolecular Hbond substituents is 1. The van der Waals surface area contributed by atoms with Crippen LogP contribution in [0.25, 0.3) is 10.2 Å². The fourth-order valence-electron chi connectivity index (χ4n) is 1.34. The number of aromatic nitrogens is 1. The second kappa shape index (κ2) is 5.48. The van der Waals surface area contributed by atoms with Crippen LogP contribution in [0.15, 0.2) is 18.2 Å². The standard InChI is InChI=1S/C11H12N2O2S2/c12-7(4-14)5-16-6-11-13-9-2-1-8(15)3-10(9)17-11/h1-4,7,15H,5-6,12H2/t7-/m0/s1. The van der Waals surface area contributed by atoms with Crippen molar-refractivity contribution in [3.05, 3.63) is 23.2 Å². The first-order chi connectivity index (χ1) is 8.19. The molecule has 0 amide bonds. The van der Waals surface area contributed by atoms with Gasteiger partial charge < -0.3 is 15.6 Å². The number of aromatic hydroxyl groups is 1. The average molecular weight is 268 g/mol. The summed E-state index contributed by atoms with van der Waals surface area (Å²) in [5.74, 6) is 1.59. The minimum atomic E-state index is -0.404. The van der Waals surface area contributed by atoms with Gasteiger partial charge in [0.2, 0.25) is 0 Å². The van der Waals surface area contributed by atoms with E-state index in [9.17, 15) is 9.90 Å². The third-order valence-corrected chi connectivity index (χ3v) is 4.43. The Hall–Kier alpha value is -1.11. The van der Waals surface area contributed by atoms with E-state index >= 15 is 0 Å². The summed E-state index contributed by atoms with van der Waals surface area (Å²) in [6.07, 6.45) is 0.753.